The fourth-order valence-electron chi connectivity index (χ4n) is 2.54. The van der Waals surface area contributed by atoms with Crippen LogP contribution >= 0.6 is 0 Å². The molecule has 1 atom stereocenters. The Morgan fingerprint density at radius 2 is 2.19 bits per heavy atom. The zero-order valence-corrected chi connectivity index (χ0v) is 13.0. The summed E-state index contributed by atoms with van der Waals surface area (Å²) in [6, 6.07) is 5.77. The number of rotatable bonds is 6. The summed E-state index contributed by atoms with van der Waals surface area (Å²) in [5.41, 5.74) is 8.19. The molecule has 0 aliphatic rings. The van der Waals surface area contributed by atoms with Crippen LogP contribution in [-0.2, 0) is 6.54 Å². The van der Waals surface area contributed by atoms with Crippen molar-refractivity contribution in [3.8, 4) is 18.1 Å². The van der Waals surface area contributed by atoms with E-state index in [4.69, 9.17) is 16.9 Å². The highest BCUT2D eigenvalue weighted by atomic mass is 16.5. The highest BCUT2D eigenvalue weighted by Gasteiger charge is 2.18. The second kappa shape index (κ2) is 6.64. The molecule has 0 radical (unpaired) electrons. The minimum absolute atomic E-state index is 0.110. The molecule has 0 bridgehead atoms. The molecule has 2 N–H and O–H groups in total. The Morgan fingerprint density at radius 3 is 2.81 bits per heavy atom. The molecule has 4 nitrogen and oxygen atoms in total. The molecular weight excluding hydrogens is 262 g/mol. The number of benzene rings is 1. The third kappa shape index (κ3) is 3.37. The fraction of sp³-hybridized carbons (Fsp3) is 0.471. The number of nitrogens with two attached hydrogens (primary N) is 1. The molecule has 0 aliphatic heterocycles. The van der Waals surface area contributed by atoms with Crippen LogP contribution in [0.25, 0.3) is 11.0 Å². The maximum atomic E-state index is 6.30. The van der Waals surface area contributed by atoms with E-state index >= 15 is 0 Å². The second-order valence-electron chi connectivity index (χ2n) is 5.58. The summed E-state index contributed by atoms with van der Waals surface area (Å²) in [7, 11) is 0. The van der Waals surface area contributed by atoms with E-state index in [-0.39, 0.29) is 6.04 Å². The van der Waals surface area contributed by atoms with Gasteiger partial charge in [-0.05, 0) is 31.4 Å². The van der Waals surface area contributed by atoms with Gasteiger partial charge < -0.3 is 15.0 Å². The molecule has 21 heavy (non-hydrogen) atoms. The summed E-state index contributed by atoms with van der Waals surface area (Å²) in [6.07, 6.45) is 6.38. The predicted molar refractivity (Wildman–Crippen MR) is 86.1 cm³/mol. The first kappa shape index (κ1) is 15.4. The van der Waals surface area contributed by atoms with Crippen molar-refractivity contribution in [2.45, 2.75) is 39.8 Å². The molecule has 0 saturated heterocycles. The van der Waals surface area contributed by atoms with Crippen LogP contribution < -0.4 is 10.5 Å². The SMILES string of the molecule is C#CCn1c(C(N)CC(C)C)nc2cc(OCC)ccc21. The summed E-state index contributed by atoms with van der Waals surface area (Å²) in [4.78, 5) is 4.69. The molecule has 1 unspecified atom stereocenters. The first-order valence-corrected chi connectivity index (χ1v) is 7.38. The summed E-state index contributed by atoms with van der Waals surface area (Å²) >= 11 is 0. The maximum absolute atomic E-state index is 6.30. The van der Waals surface area contributed by atoms with Crippen molar-refractivity contribution in [3.05, 3.63) is 24.0 Å². The minimum Gasteiger partial charge on any atom is -0.494 e. The van der Waals surface area contributed by atoms with Gasteiger partial charge in [0, 0.05) is 6.07 Å². The van der Waals surface area contributed by atoms with Gasteiger partial charge in [0.1, 0.15) is 11.6 Å². The quantitative estimate of drug-likeness (QED) is 0.830. The Bertz CT molecular complexity index is 652. The summed E-state index contributed by atoms with van der Waals surface area (Å²) in [6.45, 7) is 7.38. The Labute approximate surface area is 126 Å². The van der Waals surface area contributed by atoms with E-state index in [9.17, 15) is 0 Å². The Hall–Kier alpha value is -1.99. The lowest BCUT2D eigenvalue weighted by Crippen LogP contribution is -2.18. The Kier molecular flexibility index (Phi) is 4.87. The lowest BCUT2D eigenvalue weighted by atomic mass is 10.0. The Morgan fingerprint density at radius 1 is 1.43 bits per heavy atom. The van der Waals surface area contributed by atoms with Crippen molar-refractivity contribution in [1.29, 1.82) is 0 Å². The highest BCUT2D eigenvalue weighted by molar-refractivity contribution is 5.78. The zero-order valence-electron chi connectivity index (χ0n) is 13.0. The number of hydrogen-bond acceptors (Lipinski definition) is 3. The monoisotopic (exact) mass is 285 g/mol. The Balaban J connectivity index is 2.48. The molecule has 1 aromatic carbocycles. The molecule has 0 fully saturated rings. The predicted octanol–water partition coefficient (Wildman–Crippen LogP) is 3.11. The van der Waals surface area contributed by atoms with Crippen molar-refractivity contribution in [3.63, 3.8) is 0 Å². The molecule has 0 aliphatic carbocycles. The van der Waals surface area contributed by atoms with Crippen molar-refractivity contribution in [1.82, 2.24) is 9.55 Å². The largest absolute Gasteiger partial charge is 0.494 e. The van der Waals surface area contributed by atoms with Crippen LogP contribution in [-0.4, -0.2) is 16.2 Å². The van der Waals surface area contributed by atoms with Gasteiger partial charge in [-0.15, -0.1) is 6.42 Å². The number of aromatic nitrogens is 2. The molecule has 0 saturated carbocycles. The normalized spacial score (nSPS) is 12.6. The number of ether oxygens (including phenoxy) is 1. The molecule has 0 amide bonds. The molecule has 2 rings (SSSR count). The average molecular weight is 285 g/mol. The summed E-state index contributed by atoms with van der Waals surface area (Å²) in [5.74, 6) is 4.87. The molecule has 1 aromatic heterocycles. The number of imidazole rings is 1. The van der Waals surface area contributed by atoms with Gasteiger partial charge in [0.05, 0.1) is 30.2 Å². The van der Waals surface area contributed by atoms with Gasteiger partial charge in [-0.1, -0.05) is 19.8 Å². The topological polar surface area (TPSA) is 53.1 Å². The second-order valence-corrected chi connectivity index (χ2v) is 5.58. The molecule has 4 heteroatoms. The molecular formula is C17H23N3O. The number of hydrogen-bond donors (Lipinski definition) is 1. The summed E-state index contributed by atoms with van der Waals surface area (Å²) < 4.78 is 7.55. The fourth-order valence-corrected chi connectivity index (χ4v) is 2.54. The van der Waals surface area contributed by atoms with Crippen molar-refractivity contribution < 1.29 is 4.74 Å². The van der Waals surface area contributed by atoms with Crippen LogP contribution in [0.4, 0.5) is 0 Å². The van der Waals surface area contributed by atoms with E-state index in [0.717, 1.165) is 29.0 Å². The molecule has 2 aromatic rings. The van der Waals surface area contributed by atoms with Gasteiger partial charge in [0.15, 0.2) is 0 Å². The van der Waals surface area contributed by atoms with Crippen LogP contribution in [0.2, 0.25) is 0 Å². The van der Waals surface area contributed by atoms with Gasteiger partial charge >= 0.3 is 0 Å². The van der Waals surface area contributed by atoms with Crippen LogP contribution in [0.3, 0.4) is 0 Å². The number of nitrogens with zero attached hydrogens (tertiary/aromatic N) is 2. The average Bonchev–Trinajstić information content (AvgIpc) is 2.77. The van der Waals surface area contributed by atoms with E-state index in [2.05, 4.69) is 24.8 Å². The van der Waals surface area contributed by atoms with E-state index < -0.39 is 0 Å². The van der Waals surface area contributed by atoms with Crippen LogP contribution in [0.15, 0.2) is 18.2 Å². The highest BCUT2D eigenvalue weighted by Crippen LogP contribution is 2.26. The van der Waals surface area contributed by atoms with Gasteiger partial charge in [-0.2, -0.15) is 0 Å². The smallest absolute Gasteiger partial charge is 0.127 e. The van der Waals surface area contributed by atoms with Gasteiger partial charge in [-0.25, -0.2) is 4.98 Å². The van der Waals surface area contributed by atoms with E-state index in [1.54, 1.807) is 0 Å². The van der Waals surface area contributed by atoms with E-state index in [1.807, 2.05) is 29.7 Å². The summed E-state index contributed by atoms with van der Waals surface area (Å²) in [5, 5.41) is 0. The first-order valence-electron chi connectivity index (χ1n) is 7.38. The van der Waals surface area contributed by atoms with Crippen molar-refractivity contribution in [2.75, 3.05) is 6.61 Å². The van der Waals surface area contributed by atoms with Gasteiger partial charge in [0.2, 0.25) is 0 Å². The molecule has 112 valence electrons. The molecule has 0 spiro atoms. The number of fused-ring (bicyclic) bond motifs is 1. The lowest BCUT2D eigenvalue weighted by Gasteiger charge is -2.15. The van der Waals surface area contributed by atoms with Crippen molar-refractivity contribution >= 4 is 11.0 Å². The van der Waals surface area contributed by atoms with Gasteiger partial charge in [0.25, 0.3) is 0 Å². The lowest BCUT2D eigenvalue weighted by molar-refractivity contribution is 0.340. The zero-order chi connectivity index (χ0) is 15.4. The standard InChI is InChI=1S/C17H23N3O/c1-5-9-20-16-8-7-13(21-6-2)11-15(16)19-17(20)14(18)10-12(3)4/h1,7-8,11-12,14H,6,9-10,18H2,2-4H3. The van der Waals surface area contributed by atoms with Crippen molar-refractivity contribution in [2.24, 2.45) is 11.7 Å². The third-order valence-electron chi connectivity index (χ3n) is 3.37. The maximum Gasteiger partial charge on any atom is 0.127 e. The van der Waals surface area contributed by atoms with Gasteiger partial charge in [-0.3, -0.25) is 0 Å². The third-order valence-corrected chi connectivity index (χ3v) is 3.37. The first-order chi connectivity index (χ1) is 10.1. The molecule has 1 heterocycles. The van der Waals surface area contributed by atoms with Crippen LogP contribution in [0.1, 0.15) is 39.1 Å². The van der Waals surface area contributed by atoms with E-state index in [1.165, 1.54) is 0 Å². The van der Waals surface area contributed by atoms with Crippen LogP contribution in [0, 0.1) is 18.3 Å². The minimum atomic E-state index is -0.110. The van der Waals surface area contributed by atoms with Crippen LogP contribution in [0.5, 0.6) is 5.75 Å². The van der Waals surface area contributed by atoms with E-state index in [0.29, 0.717) is 19.1 Å². The number of terminal acetylenes is 1.